The van der Waals surface area contributed by atoms with Crippen LogP contribution in [0.4, 0.5) is 5.69 Å². The van der Waals surface area contributed by atoms with E-state index < -0.39 is 10.0 Å². The van der Waals surface area contributed by atoms with Gasteiger partial charge in [-0.25, -0.2) is 13.6 Å². The molecule has 1 heterocycles. The van der Waals surface area contributed by atoms with E-state index in [2.05, 4.69) is 5.32 Å². The Balaban J connectivity index is 1.64. The molecule has 8 heteroatoms. The van der Waals surface area contributed by atoms with Crippen LogP contribution in [0.5, 0.6) is 5.75 Å². The van der Waals surface area contributed by atoms with Crippen LogP contribution < -0.4 is 15.2 Å². The first-order chi connectivity index (χ1) is 12.8. The number of hydrogen-bond acceptors (Lipinski definition) is 5. The van der Waals surface area contributed by atoms with E-state index in [0.717, 1.165) is 19.4 Å². The number of hydrogen-bond donors (Lipinski definition) is 2. The van der Waals surface area contributed by atoms with Crippen molar-refractivity contribution in [2.45, 2.75) is 30.8 Å². The summed E-state index contributed by atoms with van der Waals surface area (Å²) in [6.45, 7) is 2.91. The molecule has 0 bridgehead atoms. The molecule has 1 atom stereocenters. The fourth-order valence-corrected chi connectivity index (χ4v) is 3.66. The van der Waals surface area contributed by atoms with Crippen LogP contribution in [0.3, 0.4) is 0 Å². The predicted octanol–water partition coefficient (Wildman–Crippen LogP) is 2.45. The van der Waals surface area contributed by atoms with Crippen molar-refractivity contribution < 1.29 is 22.7 Å². The van der Waals surface area contributed by atoms with Gasteiger partial charge in [0.2, 0.25) is 10.0 Å². The SMILES string of the molecule is Cc1ccc(NC(=O)c2ccc(OCC3CCCO3)cc2)cc1S(N)(=O)=O. The second kappa shape index (κ2) is 8.08. The van der Waals surface area contributed by atoms with Gasteiger partial charge in [-0.05, 0) is 61.7 Å². The van der Waals surface area contributed by atoms with Gasteiger partial charge < -0.3 is 14.8 Å². The van der Waals surface area contributed by atoms with Crippen LogP contribution in [0, 0.1) is 6.92 Å². The maximum atomic E-state index is 12.4. The van der Waals surface area contributed by atoms with E-state index in [1.54, 1.807) is 43.3 Å². The molecule has 0 aromatic heterocycles. The lowest BCUT2D eigenvalue weighted by molar-refractivity contribution is 0.0679. The van der Waals surface area contributed by atoms with Crippen LogP contribution in [0.15, 0.2) is 47.4 Å². The summed E-state index contributed by atoms with van der Waals surface area (Å²) in [5.41, 5.74) is 1.30. The molecule has 2 aromatic rings. The molecule has 1 aliphatic heterocycles. The molecule has 1 saturated heterocycles. The molecule has 0 aliphatic carbocycles. The number of amides is 1. The predicted molar refractivity (Wildman–Crippen MR) is 101 cm³/mol. The standard InChI is InChI=1S/C19H22N2O5S/c1-13-4-7-15(11-18(13)27(20,23)24)21-19(22)14-5-8-16(9-6-14)26-12-17-3-2-10-25-17/h4-9,11,17H,2-3,10,12H2,1H3,(H,21,22)(H2,20,23,24). The average Bonchev–Trinajstić information content (AvgIpc) is 3.14. The number of benzene rings is 2. The van der Waals surface area contributed by atoms with Gasteiger partial charge in [-0.1, -0.05) is 6.07 Å². The maximum absolute atomic E-state index is 12.4. The van der Waals surface area contributed by atoms with E-state index in [4.69, 9.17) is 14.6 Å². The molecule has 3 N–H and O–H groups in total. The van der Waals surface area contributed by atoms with Crippen molar-refractivity contribution in [3.63, 3.8) is 0 Å². The molecular formula is C19H22N2O5S. The van der Waals surface area contributed by atoms with E-state index in [-0.39, 0.29) is 16.9 Å². The number of rotatable bonds is 6. The quantitative estimate of drug-likeness (QED) is 0.788. The zero-order chi connectivity index (χ0) is 19.4. The molecule has 7 nitrogen and oxygen atoms in total. The minimum absolute atomic E-state index is 0.0156. The van der Waals surface area contributed by atoms with E-state index in [1.807, 2.05) is 0 Å². The lowest BCUT2D eigenvalue weighted by Gasteiger charge is -2.12. The molecule has 0 radical (unpaired) electrons. The number of primary sulfonamides is 1. The highest BCUT2D eigenvalue weighted by Gasteiger charge is 2.16. The number of anilines is 1. The van der Waals surface area contributed by atoms with Crippen molar-refractivity contribution in [3.05, 3.63) is 53.6 Å². The Morgan fingerprint density at radius 1 is 1.26 bits per heavy atom. The van der Waals surface area contributed by atoms with Gasteiger partial charge in [0, 0.05) is 17.9 Å². The second-order valence-electron chi connectivity index (χ2n) is 6.45. The van der Waals surface area contributed by atoms with Crippen LogP contribution in [-0.2, 0) is 14.8 Å². The van der Waals surface area contributed by atoms with Crippen LogP contribution in [0.2, 0.25) is 0 Å². The zero-order valence-corrected chi connectivity index (χ0v) is 15.8. The first kappa shape index (κ1) is 19.3. The molecule has 2 aromatic carbocycles. The Labute approximate surface area is 158 Å². The number of nitrogens with one attached hydrogen (secondary N) is 1. The molecule has 1 aliphatic rings. The highest BCUT2D eigenvalue weighted by atomic mass is 32.2. The van der Waals surface area contributed by atoms with Gasteiger partial charge in [-0.15, -0.1) is 0 Å². The highest BCUT2D eigenvalue weighted by molar-refractivity contribution is 7.89. The third kappa shape index (κ3) is 5.06. The highest BCUT2D eigenvalue weighted by Crippen LogP contribution is 2.21. The Bertz CT molecular complexity index is 920. The number of nitrogens with two attached hydrogens (primary N) is 1. The Morgan fingerprint density at radius 3 is 2.63 bits per heavy atom. The summed E-state index contributed by atoms with van der Waals surface area (Å²) in [5.74, 6) is 0.304. The topological polar surface area (TPSA) is 108 Å². The summed E-state index contributed by atoms with van der Waals surface area (Å²) in [4.78, 5) is 12.4. The number of sulfonamides is 1. The van der Waals surface area contributed by atoms with Crippen molar-refractivity contribution in [2.24, 2.45) is 5.14 Å². The summed E-state index contributed by atoms with van der Waals surface area (Å²) >= 11 is 0. The third-order valence-corrected chi connectivity index (χ3v) is 5.38. The van der Waals surface area contributed by atoms with E-state index in [0.29, 0.717) is 29.2 Å². The van der Waals surface area contributed by atoms with Crippen molar-refractivity contribution in [1.29, 1.82) is 0 Å². The fourth-order valence-electron chi connectivity index (χ4n) is 2.86. The number of carbonyl (C=O) groups excluding carboxylic acids is 1. The average molecular weight is 390 g/mol. The van der Waals surface area contributed by atoms with Crippen molar-refractivity contribution in [2.75, 3.05) is 18.5 Å². The van der Waals surface area contributed by atoms with Crippen molar-refractivity contribution in [3.8, 4) is 5.75 Å². The minimum Gasteiger partial charge on any atom is -0.491 e. The molecular weight excluding hydrogens is 368 g/mol. The zero-order valence-electron chi connectivity index (χ0n) is 15.0. The molecule has 1 amide bonds. The lowest BCUT2D eigenvalue weighted by atomic mass is 10.2. The van der Waals surface area contributed by atoms with Gasteiger partial charge in [-0.3, -0.25) is 4.79 Å². The summed E-state index contributed by atoms with van der Waals surface area (Å²) in [6, 6.07) is 11.3. The number of aryl methyl sites for hydroxylation is 1. The van der Waals surface area contributed by atoms with E-state index in [1.165, 1.54) is 6.07 Å². The molecule has 1 unspecified atom stereocenters. The summed E-state index contributed by atoms with van der Waals surface area (Å²) in [6.07, 6.45) is 2.18. The Hall–Kier alpha value is -2.42. The van der Waals surface area contributed by atoms with Crippen LogP contribution >= 0.6 is 0 Å². The molecule has 0 spiro atoms. The van der Waals surface area contributed by atoms with Gasteiger partial charge in [0.25, 0.3) is 5.91 Å². The number of carbonyl (C=O) groups is 1. The Morgan fingerprint density at radius 2 is 2.00 bits per heavy atom. The number of ether oxygens (including phenoxy) is 2. The first-order valence-electron chi connectivity index (χ1n) is 8.62. The van der Waals surface area contributed by atoms with Crippen LogP contribution in [0.25, 0.3) is 0 Å². The molecule has 1 fully saturated rings. The third-order valence-electron chi connectivity index (χ3n) is 4.33. The summed E-state index contributed by atoms with van der Waals surface area (Å²) in [5, 5.41) is 7.87. The lowest BCUT2D eigenvalue weighted by Crippen LogP contribution is -2.17. The fraction of sp³-hybridized carbons (Fsp3) is 0.316. The van der Waals surface area contributed by atoms with Gasteiger partial charge in [0.15, 0.2) is 0 Å². The minimum atomic E-state index is -3.85. The van der Waals surface area contributed by atoms with E-state index >= 15 is 0 Å². The monoisotopic (exact) mass is 390 g/mol. The van der Waals surface area contributed by atoms with Gasteiger partial charge >= 0.3 is 0 Å². The van der Waals surface area contributed by atoms with Crippen LogP contribution in [0.1, 0.15) is 28.8 Å². The van der Waals surface area contributed by atoms with Gasteiger partial charge in [0.1, 0.15) is 12.4 Å². The smallest absolute Gasteiger partial charge is 0.255 e. The summed E-state index contributed by atoms with van der Waals surface area (Å²) < 4.78 is 34.4. The Kier molecular flexibility index (Phi) is 5.79. The molecule has 144 valence electrons. The second-order valence-corrected chi connectivity index (χ2v) is 7.98. The first-order valence-corrected chi connectivity index (χ1v) is 10.2. The molecule has 3 rings (SSSR count). The normalized spacial score (nSPS) is 16.9. The van der Waals surface area contributed by atoms with Gasteiger partial charge in [-0.2, -0.15) is 0 Å². The molecule has 27 heavy (non-hydrogen) atoms. The van der Waals surface area contributed by atoms with Crippen LogP contribution in [-0.4, -0.2) is 33.6 Å². The van der Waals surface area contributed by atoms with E-state index in [9.17, 15) is 13.2 Å². The molecule has 0 saturated carbocycles. The largest absolute Gasteiger partial charge is 0.491 e. The summed E-state index contributed by atoms with van der Waals surface area (Å²) in [7, 11) is -3.85. The van der Waals surface area contributed by atoms with Crippen molar-refractivity contribution >= 4 is 21.6 Å². The van der Waals surface area contributed by atoms with Gasteiger partial charge in [0.05, 0.1) is 11.0 Å². The van der Waals surface area contributed by atoms with Crippen molar-refractivity contribution in [1.82, 2.24) is 0 Å². The maximum Gasteiger partial charge on any atom is 0.255 e.